The molecule has 0 unspecified atom stereocenters. The maximum Gasteiger partial charge on any atom is 0.255 e. The maximum atomic E-state index is 12.6. The average Bonchev–Trinajstić information content (AvgIpc) is 3.13. The Morgan fingerprint density at radius 1 is 1.04 bits per heavy atom. The van der Waals surface area contributed by atoms with Crippen LogP contribution >= 0.6 is 0 Å². The van der Waals surface area contributed by atoms with Crippen molar-refractivity contribution in [3.63, 3.8) is 0 Å². The van der Waals surface area contributed by atoms with Crippen LogP contribution in [-0.2, 0) is 0 Å². The largest absolute Gasteiger partial charge is 0.494 e. The highest BCUT2D eigenvalue weighted by atomic mass is 16.5. The van der Waals surface area contributed by atoms with E-state index in [2.05, 4.69) is 15.3 Å². The van der Waals surface area contributed by atoms with E-state index in [0.717, 1.165) is 22.4 Å². The van der Waals surface area contributed by atoms with Crippen molar-refractivity contribution in [3.05, 3.63) is 78.4 Å². The molecule has 1 heterocycles. The Hall–Kier alpha value is -3.60. The summed E-state index contributed by atoms with van der Waals surface area (Å²) in [7, 11) is 0. The van der Waals surface area contributed by atoms with Gasteiger partial charge in [0.2, 0.25) is 0 Å². The van der Waals surface area contributed by atoms with E-state index >= 15 is 0 Å². The molecular formula is C22H19N3O2. The molecule has 0 spiro atoms. The summed E-state index contributed by atoms with van der Waals surface area (Å²) in [6.07, 6.45) is 0. The molecule has 2 N–H and O–H groups in total. The number of anilines is 1. The van der Waals surface area contributed by atoms with Crippen LogP contribution < -0.4 is 10.1 Å². The monoisotopic (exact) mass is 357 g/mol. The molecule has 0 fully saturated rings. The fourth-order valence-corrected chi connectivity index (χ4v) is 2.93. The molecule has 27 heavy (non-hydrogen) atoms. The van der Waals surface area contributed by atoms with Gasteiger partial charge in [0.05, 0.1) is 17.6 Å². The number of para-hydroxylation sites is 2. The number of nitrogens with one attached hydrogen (secondary N) is 2. The van der Waals surface area contributed by atoms with E-state index < -0.39 is 0 Å². The van der Waals surface area contributed by atoms with Gasteiger partial charge in [-0.2, -0.15) is 0 Å². The molecule has 4 rings (SSSR count). The van der Waals surface area contributed by atoms with Gasteiger partial charge in [-0.05, 0) is 49.4 Å². The minimum absolute atomic E-state index is 0.182. The van der Waals surface area contributed by atoms with Gasteiger partial charge < -0.3 is 15.0 Å². The van der Waals surface area contributed by atoms with E-state index in [1.807, 2.05) is 67.6 Å². The number of benzene rings is 3. The van der Waals surface area contributed by atoms with Crippen LogP contribution in [0.4, 0.5) is 5.69 Å². The number of H-pyrrole nitrogens is 1. The first-order chi connectivity index (χ1) is 13.2. The Balaban J connectivity index is 1.57. The van der Waals surface area contributed by atoms with Gasteiger partial charge in [0.25, 0.3) is 5.91 Å². The van der Waals surface area contributed by atoms with Crippen molar-refractivity contribution in [1.29, 1.82) is 0 Å². The highest BCUT2D eigenvalue weighted by Crippen LogP contribution is 2.23. The second-order valence-corrected chi connectivity index (χ2v) is 6.10. The topological polar surface area (TPSA) is 67.0 Å². The molecule has 0 saturated heterocycles. The van der Waals surface area contributed by atoms with Gasteiger partial charge in [-0.15, -0.1) is 0 Å². The number of hydrogen-bond donors (Lipinski definition) is 2. The number of nitrogens with zero attached hydrogens (tertiary/aromatic N) is 1. The Morgan fingerprint density at radius 2 is 1.89 bits per heavy atom. The summed E-state index contributed by atoms with van der Waals surface area (Å²) in [6.45, 7) is 2.47. The van der Waals surface area contributed by atoms with E-state index in [1.54, 1.807) is 12.1 Å². The lowest BCUT2D eigenvalue weighted by molar-refractivity contribution is 0.102. The predicted molar refractivity (Wildman–Crippen MR) is 107 cm³/mol. The highest BCUT2D eigenvalue weighted by molar-refractivity contribution is 6.04. The fraction of sp³-hybridized carbons (Fsp3) is 0.0909. The Morgan fingerprint density at radius 3 is 2.74 bits per heavy atom. The van der Waals surface area contributed by atoms with Crippen LogP contribution in [0.1, 0.15) is 17.3 Å². The van der Waals surface area contributed by atoms with E-state index in [4.69, 9.17) is 4.74 Å². The van der Waals surface area contributed by atoms with E-state index in [9.17, 15) is 4.79 Å². The molecule has 5 nitrogen and oxygen atoms in total. The number of aromatic nitrogens is 2. The van der Waals surface area contributed by atoms with Crippen molar-refractivity contribution in [1.82, 2.24) is 9.97 Å². The second-order valence-electron chi connectivity index (χ2n) is 6.10. The standard InChI is InChI=1S/C22H19N3O2/c1-2-27-18-10-6-8-16(14-18)22(26)23-17-9-5-7-15(13-17)21-24-19-11-3-4-12-20(19)25-21/h3-14H,2H2,1H3,(H,23,26)(H,24,25). The normalized spacial score (nSPS) is 10.7. The van der Waals surface area contributed by atoms with Crippen LogP contribution in [0.5, 0.6) is 5.75 Å². The molecule has 4 aromatic rings. The molecule has 1 aromatic heterocycles. The Kier molecular flexibility index (Phi) is 4.58. The van der Waals surface area contributed by atoms with Gasteiger partial charge in [-0.25, -0.2) is 4.98 Å². The van der Waals surface area contributed by atoms with Crippen molar-refractivity contribution in [3.8, 4) is 17.1 Å². The number of fused-ring (bicyclic) bond motifs is 1. The zero-order valence-corrected chi connectivity index (χ0v) is 14.9. The highest BCUT2D eigenvalue weighted by Gasteiger charge is 2.10. The number of carbonyl (C=O) groups is 1. The predicted octanol–water partition coefficient (Wildman–Crippen LogP) is 4.88. The molecule has 1 amide bonds. The number of hydrogen-bond acceptors (Lipinski definition) is 3. The van der Waals surface area contributed by atoms with E-state index in [-0.39, 0.29) is 5.91 Å². The van der Waals surface area contributed by atoms with Crippen LogP contribution in [0.15, 0.2) is 72.8 Å². The zero-order valence-electron chi connectivity index (χ0n) is 14.9. The molecule has 3 aromatic carbocycles. The SMILES string of the molecule is CCOc1cccc(C(=O)Nc2cccc(-c3nc4ccccc4[nH]3)c2)c1. The number of aromatic amines is 1. The van der Waals surface area contributed by atoms with Gasteiger partial charge in [-0.3, -0.25) is 4.79 Å². The molecule has 0 bridgehead atoms. The second kappa shape index (κ2) is 7.33. The molecule has 0 aliphatic heterocycles. The first kappa shape index (κ1) is 16.8. The summed E-state index contributed by atoms with van der Waals surface area (Å²) in [5.74, 6) is 1.27. The summed E-state index contributed by atoms with van der Waals surface area (Å²) in [5.41, 5.74) is 4.06. The lowest BCUT2D eigenvalue weighted by Crippen LogP contribution is -2.12. The molecule has 0 radical (unpaired) electrons. The zero-order chi connectivity index (χ0) is 18.6. The summed E-state index contributed by atoms with van der Waals surface area (Å²) < 4.78 is 5.46. The average molecular weight is 357 g/mol. The molecule has 5 heteroatoms. The summed E-state index contributed by atoms with van der Waals surface area (Å²) in [4.78, 5) is 20.5. The molecule has 0 saturated carbocycles. The summed E-state index contributed by atoms with van der Waals surface area (Å²) in [6, 6.07) is 22.7. The third kappa shape index (κ3) is 3.67. The molecule has 0 aliphatic rings. The fourth-order valence-electron chi connectivity index (χ4n) is 2.93. The maximum absolute atomic E-state index is 12.6. The third-order valence-corrected chi connectivity index (χ3v) is 4.19. The van der Waals surface area contributed by atoms with Gasteiger partial charge in [0.1, 0.15) is 11.6 Å². The first-order valence-corrected chi connectivity index (χ1v) is 8.82. The van der Waals surface area contributed by atoms with Gasteiger partial charge in [0.15, 0.2) is 0 Å². The van der Waals surface area contributed by atoms with Crippen LogP contribution in [0.25, 0.3) is 22.4 Å². The van der Waals surface area contributed by atoms with Gasteiger partial charge in [0, 0.05) is 16.8 Å². The lowest BCUT2D eigenvalue weighted by Gasteiger charge is -2.08. The van der Waals surface area contributed by atoms with Crippen molar-refractivity contribution in [2.75, 3.05) is 11.9 Å². The van der Waals surface area contributed by atoms with Crippen molar-refractivity contribution < 1.29 is 9.53 Å². The van der Waals surface area contributed by atoms with Gasteiger partial charge >= 0.3 is 0 Å². The first-order valence-electron chi connectivity index (χ1n) is 8.82. The number of carbonyl (C=O) groups excluding carboxylic acids is 1. The smallest absolute Gasteiger partial charge is 0.255 e. The molecule has 0 atom stereocenters. The quantitative estimate of drug-likeness (QED) is 0.535. The number of ether oxygens (including phenoxy) is 1. The number of amides is 1. The van der Waals surface area contributed by atoms with Gasteiger partial charge in [-0.1, -0.05) is 30.3 Å². The van der Waals surface area contributed by atoms with E-state index in [1.165, 1.54) is 0 Å². The van der Waals surface area contributed by atoms with Crippen LogP contribution in [0.2, 0.25) is 0 Å². The summed E-state index contributed by atoms with van der Waals surface area (Å²) >= 11 is 0. The van der Waals surface area contributed by atoms with Crippen molar-refractivity contribution >= 4 is 22.6 Å². The minimum atomic E-state index is -0.182. The molecule has 134 valence electrons. The molecule has 0 aliphatic carbocycles. The van der Waals surface area contributed by atoms with Crippen LogP contribution in [0, 0.1) is 0 Å². The van der Waals surface area contributed by atoms with E-state index in [0.29, 0.717) is 23.6 Å². The van der Waals surface area contributed by atoms with Crippen LogP contribution in [0.3, 0.4) is 0 Å². The Labute approximate surface area is 157 Å². The van der Waals surface area contributed by atoms with Crippen molar-refractivity contribution in [2.45, 2.75) is 6.92 Å². The lowest BCUT2D eigenvalue weighted by atomic mass is 10.1. The number of rotatable bonds is 5. The summed E-state index contributed by atoms with van der Waals surface area (Å²) in [5, 5.41) is 2.94. The Bertz CT molecular complexity index is 1070. The van der Waals surface area contributed by atoms with Crippen LogP contribution in [-0.4, -0.2) is 22.5 Å². The third-order valence-electron chi connectivity index (χ3n) is 4.19. The minimum Gasteiger partial charge on any atom is -0.494 e. The molecular weight excluding hydrogens is 338 g/mol. The number of imidazole rings is 1. The van der Waals surface area contributed by atoms with Crippen molar-refractivity contribution in [2.24, 2.45) is 0 Å².